The van der Waals surface area contributed by atoms with Crippen LogP contribution in [-0.2, 0) is 9.59 Å². The molecule has 2 amide bonds. The Labute approximate surface area is 124 Å². The normalized spacial score (nSPS) is 9.45. The van der Waals surface area contributed by atoms with Crippen LogP contribution in [0.15, 0.2) is 24.3 Å². The van der Waals surface area contributed by atoms with E-state index in [2.05, 4.69) is 10.6 Å². The van der Waals surface area contributed by atoms with E-state index < -0.39 is 5.91 Å². The second kappa shape index (κ2) is 10.1. The van der Waals surface area contributed by atoms with E-state index in [9.17, 15) is 9.59 Å². The number of hydrogen-bond donors (Lipinski definition) is 3. The third-order valence-electron chi connectivity index (χ3n) is 2.36. The Bertz CT molecular complexity index is 423. The van der Waals surface area contributed by atoms with E-state index >= 15 is 0 Å². The molecule has 0 unspecified atom stereocenters. The van der Waals surface area contributed by atoms with Crippen LogP contribution in [0.1, 0.15) is 12.8 Å². The highest BCUT2D eigenvalue weighted by atomic mass is 35.5. The summed E-state index contributed by atoms with van der Waals surface area (Å²) in [6.45, 7) is 0.892. The average molecular weight is 302 g/mol. The molecule has 0 radical (unpaired) electrons. The average Bonchev–Trinajstić information content (AvgIpc) is 2.38. The summed E-state index contributed by atoms with van der Waals surface area (Å²) in [6.07, 6.45) is 0.607. The molecule has 0 aliphatic rings. The molecule has 20 heavy (non-hydrogen) atoms. The molecule has 4 N–H and O–H groups in total. The van der Waals surface area contributed by atoms with Crippen LogP contribution < -0.4 is 21.1 Å². The summed E-state index contributed by atoms with van der Waals surface area (Å²) < 4.78 is 5.32. The third kappa shape index (κ3) is 7.60. The van der Waals surface area contributed by atoms with Gasteiger partial charge in [-0.25, -0.2) is 0 Å². The van der Waals surface area contributed by atoms with Crippen molar-refractivity contribution in [3.05, 3.63) is 24.3 Å². The Hall–Kier alpha value is -1.79. The number of primary amides is 1. The highest BCUT2D eigenvalue weighted by Crippen LogP contribution is 2.15. The molecule has 0 aromatic heterocycles. The van der Waals surface area contributed by atoms with Crippen LogP contribution in [0.25, 0.3) is 0 Å². The second-order valence-electron chi connectivity index (χ2n) is 3.99. The maximum absolute atomic E-state index is 11.5. The number of nitrogens with one attached hydrogen (secondary N) is 2. The molecular formula is C13H20ClN3O3. The molecule has 1 aromatic rings. The number of anilines is 1. The predicted molar refractivity (Wildman–Crippen MR) is 80.2 cm³/mol. The zero-order valence-electron chi connectivity index (χ0n) is 11.3. The maximum Gasteiger partial charge on any atom is 0.225 e. The van der Waals surface area contributed by atoms with Crippen molar-refractivity contribution in [2.75, 3.05) is 25.5 Å². The van der Waals surface area contributed by atoms with Crippen molar-refractivity contribution in [3.8, 4) is 5.75 Å². The number of benzene rings is 1. The molecule has 7 heteroatoms. The molecule has 1 aromatic carbocycles. The zero-order chi connectivity index (χ0) is 14.1. The van der Waals surface area contributed by atoms with Crippen LogP contribution in [0.4, 0.5) is 5.69 Å². The number of rotatable bonds is 8. The molecule has 0 aliphatic carbocycles. The second-order valence-corrected chi connectivity index (χ2v) is 3.99. The lowest BCUT2D eigenvalue weighted by atomic mass is 10.3. The molecule has 0 spiro atoms. The van der Waals surface area contributed by atoms with Gasteiger partial charge in [-0.15, -0.1) is 12.4 Å². The largest absolute Gasteiger partial charge is 0.493 e. The van der Waals surface area contributed by atoms with Gasteiger partial charge in [0.2, 0.25) is 11.8 Å². The van der Waals surface area contributed by atoms with E-state index in [1.807, 2.05) is 0 Å². The molecule has 1 rings (SSSR count). The molecule has 0 fully saturated rings. The monoisotopic (exact) mass is 301 g/mol. The van der Waals surface area contributed by atoms with E-state index in [4.69, 9.17) is 10.5 Å². The quantitative estimate of drug-likeness (QED) is 0.665. The van der Waals surface area contributed by atoms with Crippen molar-refractivity contribution in [2.45, 2.75) is 12.8 Å². The van der Waals surface area contributed by atoms with Crippen molar-refractivity contribution < 1.29 is 14.3 Å². The van der Waals surface area contributed by atoms with Gasteiger partial charge >= 0.3 is 0 Å². The number of halogens is 1. The molecule has 0 saturated carbocycles. The third-order valence-corrected chi connectivity index (χ3v) is 2.36. The predicted octanol–water partition coefficient (Wildman–Crippen LogP) is 0.911. The number of amides is 2. The maximum atomic E-state index is 11.5. The van der Waals surface area contributed by atoms with Crippen molar-refractivity contribution in [1.82, 2.24) is 5.32 Å². The summed E-state index contributed by atoms with van der Waals surface area (Å²) in [4.78, 5) is 22.0. The molecule has 6 nitrogen and oxygen atoms in total. The first-order valence-corrected chi connectivity index (χ1v) is 6.07. The highest BCUT2D eigenvalue weighted by molar-refractivity contribution is 5.90. The van der Waals surface area contributed by atoms with Crippen LogP contribution in [0.5, 0.6) is 5.75 Å². The van der Waals surface area contributed by atoms with Gasteiger partial charge in [-0.1, -0.05) is 0 Å². The minimum Gasteiger partial charge on any atom is -0.493 e. The van der Waals surface area contributed by atoms with Crippen molar-refractivity contribution in [1.29, 1.82) is 0 Å². The van der Waals surface area contributed by atoms with E-state index in [1.54, 1.807) is 31.3 Å². The fourth-order valence-corrected chi connectivity index (χ4v) is 1.37. The number of nitrogens with two attached hydrogens (primary N) is 1. The SMILES string of the molecule is CNCCC(=O)Nc1ccc(OCCC(N)=O)cc1.Cl. The van der Waals surface area contributed by atoms with Gasteiger partial charge in [0.15, 0.2) is 0 Å². The Morgan fingerprint density at radius 2 is 1.85 bits per heavy atom. The summed E-state index contributed by atoms with van der Waals surface area (Å²) in [7, 11) is 1.80. The number of carbonyl (C=O) groups is 2. The first kappa shape index (κ1) is 18.2. The Balaban J connectivity index is 0.00000361. The van der Waals surface area contributed by atoms with Gasteiger partial charge in [-0.2, -0.15) is 0 Å². The lowest BCUT2D eigenvalue weighted by Gasteiger charge is -2.07. The van der Waals surface area contributed by atoms with Gasteiger partial charge in [0.05, 0.1) is 13.0 Å². The molecule has 0 bridgehead atoms. The standard InChI is InChI=1S/C13H19N3O3.ClH/c1-15-8-6-13(18)16-10-2-4-11(5-3-10)19-9-7-12(14)17;/h2-5,15H,6-9H2,1H3,(H2,14,17)(H,16,18);1H. The van der Waals surface area contributed by atoms with E-state index in [1.165, 1.54) is 0 Å². The van der Waals surface area contributed by atoms with Crippen LogP contribution in [0, 0.1) is 0 Å². The van der Waals surface area contributed by atoms with Crippen LogP contribution in [0.3, 0.4) is 0 Å². The number of ether oxygens (including phenoxy) is 1. The minimum absolute atomic E-state index is 0. The fraction of sp³-hybridized carbons (Fsp3) is 0.385. The first-order valence-electron chi connectivity index (χ1n) is 6.07. The minimum atomic E-state index is -0.395. The molecule has 112 valence electrons. The van der Waals surface area contributed by atoms with Crippen LogP contribution in [0.2, 0.25) is 0 Å². The van der Waals surface area contributed by atoms with Gasteiger partial charge in [-0.05, 0) is 31.3 Å². The topological polar surface area (TPSA) is 93.4 Å². The smallest absolute Gasteiger partial charge is 0.225 e. The molecule has 0 heterocycles. The Morgan fingerprint density at radius 3 is 2.40 bits per heavy atom. The van der Waals surface area contributed by atoms with Crippen molar-refractivity contribution >= 4 is 29.9 Å². The molecule has 0 aliphatic heterocycles. The van der Waals surface area contributed by atoms with Gasteiger partial charge in [0.25, 0.3) is 0 Å². The molecule has 0 atom stereocenters. The number of hydrogen-bond acceptors (Lipinski definition) is 4. The van der Waals surface area contributed by atoms with E-state index in [0.717, 1.165) is 0 Å². The zero-order valence-corrected chi connectivity index (χ0v) is 12.2. The summed E-state index contributed by atoms with van der Waals surface area (Å²) in [6, 6.07) is 6.96. The highest BCUT2D eigenvalue weighted by Gasteiger charge is 2.02. The lowest BCUT2D eigenvalue weighted by molar-refractivity contribution is -0.118. The molecular weight excluding hydrogens is 282 g/mol. The Kier molecular flexibility index (Phi) is 9.15. The summed E-state index contributed by atoms with van der Waals surface area (Å²) in [5.74, 6) is 0.194. The number of carbonyl (C=O) groups excluding carboxylic acids is 2. The molecule has 0 saturated heterocycles. The van der Waals surface area contributed by atoms with Gasteiger partial charge in [0.1, 0.15) is 5.75 Å². The summed E-state index contributed by atoms with van der Waals surface area (Å²) in [5.41, 5.74) is 5.72. The van der Waals surface area contributed by atoms with Crippen LogP contribution in [-0.4, -0.2) is 32.0 Å². The van der Waals surface area contributed by atoms with Crippen molar-refractivity contribution in [3.63, 3.8) is 0 Å². The van der Waals surface area contributed by atoms with Gasteiger partial charge < -0.3 is 21.1 Å². The van der Waals surface area contributed by atoms with Gasteiger partial charge in [0, 0.05) is 18.7 Å². The summed E-state index contributed by atoms with van der Waals surface area (Å²) in [5, 5.41) is 5.68. The van der Waals surface area contributed by atoms with Gasteiger partial charge in [-0.3, -0.25) is 9.59 Å². The first-order chi connectivity index (χ1) is 9.11. The van der Waals surface area contributed by atoms with Crippen molar-refractivity contribution in [2.24, 2.45) is 5.73 Å². The fourth-order valence-electron chi connectivity index (χ4n) is 1.37. The Morgan fingerprint density at radius 1 is 1.20 bits per heavy atom. The lowest BCUT2D eigenvalue weighted by Crippen LogP contribution is -2.18. The van der Waals surface area contributed by atoms with Crippen LogP contribution >= 0.6 is 12.4 Å². The van der Waals surface area contributed by atoms with E-state index in [0.29, 0.717) is 24.4 Å². The summed E-state index contributed by atoms with van der Waals surface area (Å²) >= 11 is 0. The van der Waals surface area contributed by atoms with E-state index in [-0.39, 0.29) is 31.3 Å².